The van der Waals surface area contributed by atoms with Crippen LogP contribution in [0.25, 0.3) is 0 Å². The average Bonchev–Trinajstić information content (AvgIpc) is 2.78. The summed E-state index contributed by atoms with van der Waals surface area (Å²) in [4.78, 5) is 27.8. The molecule has 0 aliphatic carbocycles. The van der Waals surface area contributed by atoms with Crippen molar-refractivity contribution in [2.45, 2.75) is 42.9 Å². The molecule has 0 bridgehead atoms. The van der Waals surface area contributed by atoms with Crippen LogP contribution in [0.4, 0.5) is 11.4 Å². The van der Waals surface area contributed by atoms with Crippen molar-refractivity contribution in [1.29, 1.82) is 0 Å². The summed E-state index contributed by atoms with van der Waals surface area (Å²) in [6, 6.07) is 10.6. The molecule has 0 unspecified atom stereocenters. The van der Waals surface area contributed by atoms with Crippen molar-refractivity contribution in [2.24, 2.45) is 0 Å². The first-order valence-corrected chi connectivity index (χ1v) is 13.1. The Morgan fingerprint density at radius 3 is 2.53 bits per heavy atom. The zero-order chi connectivity index (χ0) is 22.9. The Morgan fingerprint density at radius 2 is 1.81 bits per heavy atom. The number of amides is 2. The zero-order valence-corrected chi connectivity index (χ0v) is 19.9. The van der Waals surface area contributed by atoms with Crippen LogP contribution in [0.3, 0.4) is 0 Å². The summed E-state index contributed by atoms with van der Waals surface area (Å²) in [6.45, 7) is 4.74. The first kappa shape index (κ1) is 22.8. The van der Waals surface area contributed by atoms with E-state index < -0.39 is 10.0 Å². The third-order valence-electron chi connectivity index (χ3n) is 5.78. The number of anilines is 2. The SMILES string of the molecule is Cc1ccc(NC(=O)CN2C(=O)CSc3ccc(S(=O)(=O)N4CCCCC4)cc32)c(C)c1. The second-order valence-corrected chi connectivity index (χ2v) is 11.2. The largest absolute Gasteiger partial charge is 0.324 e. The van der Waals surface area contributed by atoms with Crippen LogP contribution in [-0.2, 0) is 19.6 Å². The molecule has 2 amide bonds. The molecule has 0 aromatic heterocycles. The standard InChI is InChI=1S/C23H27N3O4S2/c1-16-6-8-19(17(2)12-16)24-22(27)14-26-20-13-18(7-9-21(20)31-15-23(26)28)32(29,30)25-10-4-3-5-11-25/h6-9,12-13H,3-5,10-11,14-15H2,1-2H3,(H,24,27). The Bertz CT molecular complexity index is 1160. The van der Waals surface area contributed by atoms with Gasteiger partial charge < -0.3 is 10.2 Å². The molecule has 1 N–H and O–H groups in total. The van der Waals surface area contributed by atoms with Gasteiger partial charge in [0.2, 0.25) is 21.8 Å². The lowest BCUT2D eigenvalue weighted by molar-refractivity contribution is -0.120. The Hall–Kier alpha value is -2.36. The molecular formula is C23H27N3O4S2. The summed E-state index contributed by atoms with van der Waals surface area (Å²) in [5.41, 5.74) is 3.20. The van der Waals surface area contributed by atoms with Gasteiger partial charge in [-0.1, -0.05) is 24.1 Å². The third kappa shape index (κ3) is 4.69. The van der Waals surface area contributed by atoms with E-state index in [0.717, 1.165) is 35.3 Å². The van der Waals surface area contributed by atoms with Crippen molar-refractivity contribution in [3.05, 3.63) is 47.5 Å². The van der Waals surface area contributed by atoms with Crippen LogP contribution in [0.2, 0.25) is 0 Å². The van der Waals surface area contributed by atoms with E-state index in [0.29, 0.717) is 24.5 Å². The van der Waals surface area contributed by atoms with Crippen LogP contribution in [0, 0.1) is 13.8 Å². The summed E-state index contributed by atoms with van der Waals surface area (Å²) in [5.74, 6) is -0.333. The number of fused-ring (bicyclic) bond motifs is 1. The summed E-state index contributed by atoms with van der Waals surface area (Å²) >= 11 is 1.36. The van der Waals surface area contributed by atoms with Gasteiger partial charge in [0.1, 0.15) is 6.54 Å². The molecule has 7 nitrogen and oxygen atoms in total. The van der Waals surface area contributed by atoms with E-state index >= 15 is 0 Å². The van der Waals surface area contributed by atoms with Crippen LogP contribution >= 0.6 is 11.8 Å². The van der Waals surface area contributed by atoms with Crippen LogP contribution in [-0.4, -0.2) is 49.9 Å². The zero-order valence-electron chi connectivity index (χ0n) is 18.3. The number of rotatable bonds is 5. The van der Waals surface area contributed by atoms with E-state index in [2.05, 4.69) is 5.32 Å². The highest BCUT2D eigenvalue weighted by atomic mass is 32.2. The summed E-state index contributed by atoms with van der Waals surface area (Å²) < 4.78 is 27.8. The highest BCUT2D eigenvalue weighted by molar-refractivity contribution is 8.00. The maximum absolute atomic E-state index is 13.1. The lowest BCUT2D eigenvalue weighted by Crippen LogP contribution is -2.41. The van der Waals surface area contributed by atoms with Gasteiger partial charge in [0.25, 0.3) is 0 Å². The Labute approximate surface area is 193 Å². The molecule has 0 radical (unpaired) electrons. The minimum absolute atomic E-state index is 0.160. The number of carbonyl (C=O) groups is 2. The van der Waals surface area contributed by atoms with E-state index in [1.807, 2.05) is 32.0 Å². The number of carbonyl (C=O) groups excluding carboxylic acids is 2. The maximum Gasteiger partial charge on any atom is 0.244 e. The van der Waals surface area contributed by atoms with Gasteiger partial charge in [-0.2, -0.15) is 4.31 Å². The number of hydrogen-bond acceptors (Lipinski definition) is 5. The second kappa shape index (κ2) is 9.25. The van der Waals surface area contributed by atoms with Gasteiger partial charge in [-0.25, -0.2) is 8.42 Å². The Kier molecular flexibility index (Phi) is 6.60. The lowest BCUT2D eigenvalue weighted by atomic mass is 10.1. The summed E-state index contributed by atoms with van der Waals surface area (Å²) in [5, 5.41) is 2.87. The quantitative estimate of drug-likeness (QED) is 0.718. The fraction of sp³-hybridized carbons (Fsp3) is 0.391. The van der Waals surface area contributed by atoms with E-state index in [4.69, 9.17) is 0 Å². The molecule has 170 valence electrons. The Morgan fingerprint density at radius 1 is 1.06 bits per heavy atom. The minimum atomic E-state index is -3.64. The van der Waals surface area contributed by atoms with E-state index in [-0.39, 0.29) is 29.0 Å². The van der Waals surface area contributed by atoms with Crippen molar-refractivity contribution in [1.82, 2.24) is 4.31 Å². The number of benzene rings is 2. The molecule has 0 saturated carbocycles. The van der Waals surface area contributed by atoms with E-state index in [1.165, 1.54) is 27.0 Å². The van der Waals surface area contributed by atoms with E-state index in [1.54, 1.807) is 12.1 Å². The fourth-order valence-electron chi connectivity index (χ4n) is 4.06. The molecule has 2 aromatic carbocycles. The van der Waals surface area contributed by atoms with Crippen LogP contribution in [0.1, 0.15) is 30.4 Å². The van der Waals surface area contributed by atoms with Crippen molar-refractivity contribution < 1.29 is 18.0 Å². The summed E-state index contributed by atoms with van der Waals surface area (Å²) in [7, 11) is -3.64. The van der Waals surface area contributed by atoms with E-state index in [9.17, 15) is 18.0 Å². The molecule has 0 atom stereocenters. The number of piperidine rings is 1. The first-order chi connectivity index (χ1) is 15.3. The third-order valence-corrected chi connectivity index (χ3v) is 8.73. The maximum atomic E-state index is 13.1. The number of nitrogens with one attached hydrogen (secondary N) is 1. The van der Waals surface area contributed by atoms with Gasteiger partial charge in [0.05, 0.1) is 16.3 Å². The van der Waals surface area contributed by atoms with Crippen molar-refractivity contribution in [2.75, 3.05) is 35.6 Å². The average molecular weight is 474 g/mol. The molecule has 32 heavy (non-hydrogen) atoms. The molecule has 2 aliphatic rings. The Balaban J connectivity index is 1.59. The summed E-state index contributed by atoms with van der Waals surface area (Å²) in [6.07, 6.45) is 2.73. The smallest absolute Gasteiger partial charge is 0.244 e. The van der Waals surface area contributed by atoms with Gasteiger partial charge in [0.15, 0.2) is 0 Å². The van der Waals surface area contributed by atoms with Crippen LogP contribution in [0.5, 0.6) is 0 Å². The van der Waals surface area contributed by atoms with Crippen molar-refractivity contribution in [3.8, 4) is 0 Å². The lowest BCUT2D eigenvalue weighted by Gasteiger charge is -2.30. The molecular weight excluding hydrogens is 446 g/mol. The molecule has 1 saturated heterocycles. The fourth-order valence-corrected chi connectivity index (χ4v) is 6.51. The van der Waals surface area contributed by atoms with Gasteiger partial charge in [0, 0.05) is 23.7 Å². The predicted octanol–water partition coefficient (Wildman–Crippen LogP) is 3.56. The number of sulfonamides is 1. The van der Waals surface area contributed by atoms with Crippen LogP contribution < -0.4 is 10.2 Å². The molecule has 0 spiro atoms. The van der Waals surface area contributed by atoms with Crippen molar-refractivity contribution in [3.63, 3.8) is 0 Å². The highest BCUT2D eigenvalue weighted by Gasteiger charge is 2.31. The monoisotopic (exact) mass is 473 g/mol. The van der Waals surface area contributed by atoms with Crippen molar-refractivity contribution >= 4 is 45.0 Å². The molecule has 2 aliphatic heterocycles. The number of nitrogens with zero attached hydrogens (tertiary/aromatic N) is 2. The second-order valence-electron chi connectivity index (χ2n) is 8.23. The number of hydrogen-bond donors (Lipinski definition) is 1. The van der Waals surface area contributed by atoms with Gasteiger partial charge in [-0.15, -0.1) is 11.8 Å². The molecule has 4 rings (SSSR count). The number of thioether (sulfide) groups is 1. The van der Waals surface area contributed by atoms with Crippen LogP contribution in [0.15, 0.2) is 46.2 Å². The number of aryl methyl sites for hydroxylation is 2. The normalized spacial score (nSPS) is 17.2. The molecule has 2 heterocycles. The topological polar surface area (TPSA) is 86.8 Å². The van der Waals surface area contributed by atoms with Gasteiger partial charge >= 0.3 is 0 Å². The molecule has 9 heteroatoms. The minimum Gasteiger partial charge on any atom is -0.324 e. The predicted molar refractivity (Wildman–Crippen MR) is 127 cm³/mol. The van der Waals surface area contributed by atoms with Gasteiger partial charge in [-0.05, 0) is 56.5 Å². The van der Waals surface area contributed by atoms with Gasteiger partial charge in [-0.3, -0.25) is 9.59 Å². The highest BCUT2D eigenvalue weighted by Crippen LogP contribution is 2.37. The molecule has 2 aromatic rings. The first-order valence-electron chi connectivity index (χ1n) is 10.7. The molecule has 1 fully saturated rings.